The van der Waals surface area contributed by atoms with Gasteiger partial charge in [-0.3, -0.25) is 4.90 Å². The number of ether oxygens (including phenoxy) is 1. The van der Waals surface area contributed by atoms with Gasteiger partial charge in [0.2, 0.25) is 0 Å². The fourth-order valence-corrected chi connectivity index (χ4v) is 2.31. The molecule has 1 saturated heterocycles. The second-order valence-electron chi connectivity index (χ2n) is 5.17. The molecule has 1 aromatic carbocycles. The first kappa shape index (κ1) is 15.5. The monoisotopic (exact) mass is 291 g/mol. The molecule has 2 rings (SSSR count). The molecule has 0 bridgehead atoms. The van der Waals surface area contributed by atoms with Gasteiger partial charge in [0.15, 0.2) is 0 Å². The zero-order chi connectivity index (χ0) is 15.1. The molecule has 0 amide bonds. The summed E-state index contributed by atoms with van der Waals surface area (Å²) in [5.41, 5.74) is 0.802. The standard InChI is InChI=1S/C16H21NO4/c18-14-6-8-17(9-7-14)10-11-21-15-3-1-2-13(12-15)4-5-16(19)20/h1-5,12,14,18H,6-11H2,(H,19,20). The molecule has 114 valence electrons. The van der Waals surface area contributed by atoms with Crippen LogP contribution in [0.1, 0.15) is 18.4 Å². The van der Waals surface area contributed by atoms with Crippen LogP contribution >= 0.6 is 0 Å². The Balaban J connectivity index is 1.78. The van der Waals surface area contributed by atoms with Crippen molar-refractivity contribution in [2.75, 3.05) is 26.2 Å². The number of piperidine rings is 1. The third-order valence-corrected chi connectivity index (χ3v) is 3.51. The highest BCUT2D eigenvalue weighted by Gasteiger charge is 2.16. The molecule has 0 radical (unpaired) electrons. The summed E-state index contributed by atoms with van der Waals surface area (Å²) in [5.74, 6) is -0.229. The molecule has 0 unspecified atom stereocenters. The van der Waals surface area contributed by atoms with Crippen LogP contribution in [-0.4, -0.2) is 53.4 Å². The van der Waals surface area contributed by atoms with Gasteiger partial charge in [0.1, 0.15) is 12.4 Å². The molecular formula is C16H21NO4. The largest absolute Gasteiger partial charge is 0.492 e. The number of aliphatic carboxylic acids is 1. The second kappa shape index (κ2) is 7.81. The summed E-state index contributed by atoms with van der Waals surface area (Å²) in [4.78, 5) is 12.8. The number of hydrogen-bond acceptors (Lipinski definition) is 4. The van der Waals surface area contributed by atoms with Gasteiger partial charge in [0.05, 0.1) is 6.10 Å². The number of carbonyl (C=O) groups is 1. The van der Waals surface area contributed by atoms with Crippen LogP contribution in [0.25, 0.3) is 6.08 Å². The number of benzene rings is 1. The van der Waals surface area contributed by atoms with E-state index in [0.717, 1.165) is 49.9 Å². The summed E-state index contributed by atoms with van der Waals surface area (Å²) in [7, 11) is 0. The molecule has 5 heteroatoms. The van der Waals surface area contributed by atoms with E-state index in [1.165, 1.54) is 0 Å². The Morgan fingerprint density at radius 2 is 2.14 bits per heavy atom. The summed E-state index contributed by atoms with van der Waals surface area (Å²) in [5, 5.41) is 18.1. The molecule has 2 N–H and O–H groups in total. The summed E-state index contributed by atoms with van der Waals surface area (Å²) in [6.45, 7) is 3.24. The number of aliphatic hydroxyl groups is 1. The number of carboxylic acid groups (broad SMARTS) is 1. The Bertz CT molecular complexity index is 493. The lowest BCUT2D eigenvalue weighted by atomic mass is 10.1. The van der Waals surface area contributed by atoms with Gasteiger partial charge in [0.25, 0.3) is 0 Å². The first-order valence-electron chi connectivity index (χ1n) is 7.18. The van der Waals surface area contributed by atoms with Crippen molar-refractivity contribution in [2.45, 2.75) is 18.9 Å². The van der Waals surface area contributed by atoms with Crippen LogP contribution < -0.4 is 4.74 Å². The van der Waals surface area contributed by atoms with E-state index in [2.05, 4.69) is 4.90 Å². The Kier molecular flexibility index (Phi) is 5.78. The molecular weight excluding hydrogens is 270 g/mol. The first-order chi connectivity index (χ1) is 10.1. The van der Waals surface area contributed by atoms with Crippen molar-refractivity contribution in [1.82, 2.24) is 4.90 Å². The van der Waals surface area contributed by atoms with Crippen LogP contribution in [0.5, 0.6) is 5.75 Å². The maximum Gasteiger partial charge on any atom is 0.328 e. The molecule has 0 saturated carbocycles. The normalized spacial score (nSPS) is 17.2. The van der Waals surface area contributed by atoms with Crippen molar-refractivity contribution in [2.24, 2.45) is 0 Å². The number of nitrogens with zero attached hydrogens (tertiary/aromatic N) is 1. The highest BCUT2D eigenvalue weighted by Crippen LogP contribution is 2.15. The number of likely N-dealkylation sites (tertiary alicyclic amines) is 1. The van der Waals surface area contributed by atoms with E-state index in [9.17, 15) is 9.90 Å². The van der Waals surface area contributed by atoms with Gasteiger partial charge < -0.3 is 14.9 Å². The van der Waals surface area contributed by atoms with Gasteiger partial charge in [-0.1, -0.05) is 12.1 Å². The Morgan fingerprint density at radius 1 is 1.38 bits per heavy atom. The van der Waals surface area contributed by atoms with Crippen LogP contribution in [0.4, 0.5) is 0 Å². The zero-order valence-electron chi connectivity index (χ0n) is 11.9. The Hall–Kier alpha value is -1.85. The van der Waals surface area contributed by atoms with Crippen LogP contribution in [0, 0.1) is 0 Å². The summed E-state index contributed by atoms with van der Waals surface area (Å²) in [6, 6.07) is 7.35. The molecule has 1 aromatic rings. The van der Waals surface area contributed by atoms with Gasteiger partial charge in [0, 0.05) is 25.7 Å². The Morgan fingerprint density at radius 3 is 2.86 bits per heavy atom. The fourth-order valence-electron chi connectivity index (χ4n) is 2.31. The van der Waals surface area contributed by atoms with Crippen molar-refractivity contribution in [3.8, 4) is 5.75 Å². The lowest BCUT2D eigenvalue weighted by Crippen LogP contribution is -2.38. The van der Waals surface area contributed by atoms with E-state index < -0.39 is 5.97 Å². The van der Waals surface area contributed by atoms with Gasteiger partial charge in [-0.25, -0.2) is 4.79 Å². The van der Waals surface area contributed by atoms with E-state index in [-0.39, 0.29) is 6.10 Å². The minimum atomic E-state index is -0.964. The minimum Gasteiger partial charge on any atom is -0.492 e. The summed E-state index contributed by atoms with van der Waals surface area (Å²) < 4.78 is 5.70. The minimum absolute atomic E-state index is 0.153. The molecule has 0 spiro atoms. The molecule has 1 heterocycles. The molecule has 0 aliphatic carbocycles. The van der Waals surface area contributed by atoms with E-state index in [0.29, 0.717) is 6.61 Å². The van der Waals surface area contributed by atoms with Crippen molar-refractivity contribution >= 4 is 12.0 Å². The lowest BCUT2D eigenvalue weighted by molar-refractivity contribution is -0.131. The van der Waals surface area contributed by atoms with Crippen LogP contribution in [0.3, 0.4) is 0 Å². The lowest BCUT2D eigenvalue weighted by Gasteiger charge is -2.29. The third kappa shape index (κ3) is 5.57. The quantitative estimate of drug-likeness (QED) is 0.779. The molecule has 5 nitrogen and oxygen atoms in total. The average molecular weight is 291 g/mol. The van der Waals surface area contributed by atoms with Crippen molar-refractivity contribution in [3.05, 3.63) is 35.9 Å². The van der Waals surface area contributed by atoms with Gasteiger partial charge >= 0.3 is 5.97 Å². The van der Waals surface area contributed by atoms with Crippen molar-refractivity contribution < 1.29 is 19.7 Å². The van der Waals surface area contributed by atoms with E-state index in [1.54, 1.807) is 6.08 Å². The van der Waals surface area contributed by atoms with E-state index in [1.807, 2.05) is 24.3 Å². The first-order valence-corrected chi connectivity index (χ1v) is 7.18. The summed E-state index contributed by atoms with van der Waals surface area (Å²) >= 11 is 0. The fraction of sp³-hybridized carbons (Fsp3) is 0.438. The number of aliphatic hydroxyl groups excluding tert-OH is 1. The highest BCUT2D eigenvalue weighted by atomic mass is 16.5. The van der Waals surface area contributed by atoms with Gasteiger partial charge in [-0.15, -0.1) is 0 Å². The van der Waals surface area contributed by atoms with E-state index >= 15 is 0 Å². The topological polar surface area (TPSA) is 70.0 Å². The second-order valence-corrected chi connectivity index (χ2v) is 5.17. The summed E-state index contributed by atoms with van der Waals surface area (Å²) in [6.07, 6.45) is 4.16. The predicted molar refractivity (Wildman–Crippen MR) is 80.3 cm³/mol. The third-order valence-electron chi connectivity index (χ3n) is 3.51. The Labute approximate surface area is 124 Å². The van der Waals surface area contributed by atoms with Crippen molar-refractivity contribution in [3.63, 3.8) is 0 Å². The van der Waals surface area contributed by atoms with Crippen LogP contribution in [0.15, 0.2) is 30.3 Å². The molecule has 0 aromatic heterocycles. The van der Waals surface area contributed by atoms with E-state index in [4.69, 9.17) is 9.84 Å². The van der Waals surface area contributed by atoms with Crippen molar-refractivity contribution in [1.29, 1.82) is 0 Å². The van der Waals surface area contributed by atoms with Crippen LogP contribution in [0.2, 0.25) is 0 Å². The molecule has 1 fully saturated rings. The molecule has 1 aliphatic rings. The average Bonchev–Trinajstić information content (AvgIpc) is 2.48. The van der Waals surface area contributed by atoms with Crippen LogP contribution in [-0.2, 0) is 4.79 Å². The van der Waals surface area contributed by atoms with Gasteiger partial charge in [-0.05, 0) is 36.6 Å². The molecule has 0 atom stereocenters. The van der Waals surface area contributed by atoms with Gasteiger partial charge in [-0.2, -0.15) is 0 Å². The number of rotatable bonds is 6. The smallest absolute Gasteiger partial charge is 0.328 e. The molecule has 21 heavy (non-hydrogen) atoms. The zero-order valence-corrected chi connectivity index (χ0v) is 11.9. The predicted octanol–water partition coefficient (Wildman–Crippen LogP) is 1.62. The SMILES string of the molecule is O=C(O)C=Cc1cccc(OCCN2CCC(O)CC2)c1. The highest BCUT2D eigenvalue weighted by molar-refractivity contribution is 5.85. The maximum absolute atomic E-state index is 10.5. The molecule has 1 aliphatic heterocycles. The number of hydrogen-bond donors (Lipinski definition) is 2. The number of carboxylic acids is 1. The maximum atomic E-state index is 10.5.